The van der Waals surface area contributed by atoms with Crippen molar-refractivity contribution in [2.45, 2.75) is 4.90 Å². The lowest BCUT2D eigenvalue weighted by Gasteiger charge is -2.08. The largest absolute Gasteiger partial charge is 0.497 e. The van der Waals surface area contributed by atoms with Crippen molar-refractivity contribution < 1.29 is 18.1 Å². The number of ether oxygens (including phenoxy) is 1. The van der Waals surface area contributed by atoms with Crippen LogP contribution in [-0.2, 0) is 10.0 Å². The first-order valence-electron chi connectivity index (χ1n) is 5.70. The van der Waals surface area contributed by atoms with E-state index in [-0.39, 0.29) is 16.4 Å². The summed E-state index contributed by atoms with van der Waals surface area (Å²) in [6.45, 7) is 0. The zero-order chi connectivity index (χ0) is 15.5. The van der Waals surface area contributed by atoms with E-state index in [4.69, 9.17) is 4.74 Å². The molecule has 1 N–H and O–H groups in total. The van der Waals surface area contributed by atoms with Crippen molar-refractivity contribution in [3.05, 3.63) is 52.7 Å². The van der Waals surface area contributed by atoms with Crippen LogP contribution in [0, 0.1) is 10.1 Å². The SMILES string of the molecule is COc1ccnc(NS(=O)(=O)c2ccc([N+](=O)[O-])cc2)c1. The number of nitro groups is 1. The van der Waals surface area contributed by atoms with Crippen molar-refractivity contribution in [1.82, 2.24) is 4.98 Å². The number of anilines is 1. The molecule has 2 rings (SSSR count). The molecule has 0 fully saturated rings. The van der Waals surface area contributed by atoms with Gasteiger partial charge >= 0.3 is 0 Å². The van der Waals surface area contributed by atoms with Crippen LogP contribution in [0.1, 0.15) is 0 Å². The Balaban J connectivity index is 2.27. The molecule has 110 valence electrons. The highest BCUT2D eigenvalue weighted by atomic mass is 32.2. The maximum Gasteiger partial charge on any atom is 0.269 e. The number of nitrogens with zero attached hydrogens (tertiary/aromatic N) is 2. The first kappa shape index (κ1) is 14.7. The van der Waals surface area contributed by atoms with Crippen LogP contribution in [0.3, 0.4) is 0 Å². The summed E-state index contributed by atoms with van der Waals surface area (Å²) < 4.78 is 31.5. The van der Waals surface area contributed by atoms with Crippen LogP contribution in [0.5, 0.6) is 5.75 Å². The Kier molecular flexibility index (Phi) is 4.03. The minimum atomic E-state index is -3.87. The zero-order valence-corrected chi connectivity index (χ0v) is 11.7. The molecule has 0 aliphatic heterocycles. The number of rotatable bonds is 5. The summed E-state index contributed by atoms with van der Waals surface area (Å²) in [5.41, 5.74) is -0.187. The molecule has 0 radical (unpaired) electrons. The maximum absolute atomic E-state index is 12.1. The van der Waals surface area contributed by atoms with Crippen molar-refractivity contribution in [2.24, 2.45) is 0 Å². The van der Waals surface area contributed by atoms with Gasteiger partial charge in [0.15, 0.2) is 0 Å². The molecule has 0 amide bonds. The fourth-order valence-electron chi connectivity index (χ4n) is 1.54. The van der Waals surface area contributed by atoms with Crippen molar-refractivity contribution in [3.63, 3.8) is 0 Å². The van der Waals surface area contributed by atoms with Crippen LogP contribution in [-0.4, -0.2) is 25.4 Å². The van der Waals surface area contributed by atoms with Gasteiger partial charge in [0, 0.05) is 24.4 Å². The van der Waals surface area contributed by atoms with Crippen molar-refractivity contribution in [1.29, 1.82) is 0 Å². The second-order valence-electron chi connectivity index (χ2n) is 3.94. The van der Waals surface area contributed by atoms with Crippen LogP contribution in [0.15, 0.2) is 47.5 Å². The van der Waals surface area contributed by atoms with Gasteiger partial charge in [-0.05, 0) is 18.2 Å². The van der Waals surface area contributed by atoms with E-state index in [1.807, 2.05) is 0 Å². The number of hydrogen-bond acceptors (Lipinski definition) is 6. The Bertz CT molecular complexity index is 759. The molecule has 1 aromatic heterocycles. The van der Waals surface area contributed by atoms with Gasteiger partial charge in [0.25, 0.3) is 15.7 Å². The highest BCUT2D eigenvalue weighted by Crippen LogP contribution is 2.20. The van der Waals surface area contributed by atoms with E-state index in [0.717, 1.165) is 24.3 Å². The molecular weight excluding hydrogens is 298 g/mol. The number of methoxy groups -OCH3 is 1. The summed E-state index contributed by atoms with van der Waals surface area (Å²) in [4.78, 5) is 13.7. The fourth-order valence-corrected chi connectivity index (χ4v) is 2.54. The Hall–Kier alpha value is -2.68. The van der Waals surface area contributed by atoms with E-state index < -0.39 is 14.9 Å². The van der Waals surface area contributed by atoms with E-state index >= 15 is 0 Å². The fraction of sp³-hybridized carbons (Fsp3) is 0.0833. The van der Waals surface area contributed by atoms with Crippen LogP contribution in [0.4, 0.5) is 11.5 Å². The molecule has 0 spiro atoms. The number of non-ortho nitro benzene ring substituents is 1. The predicted octanol–water partition coefficient (Wildman–Crippen LogP) is 1.80. The number of nitro benzene ring substituents is 1. The number of hydrogen-bond donors (Lipinski definition) is 1. The summed E-state index contributed by atoms with van der Waals surface area (Å²) in [5, 5.41) is 10.5. The topological polar surface area (TPSA) is 111 Å². The van der Waals surface area contributed by atoms with Crippen LogP contribution < -0.4 is 9.46 Å². The molecule has 8 nitrogen and oxygen atoms in total. The average molecular weight is 309 g/mol. The lowest BCUT2D eigenvalue weighted by atomic mass is 10.3. The third-order valence-corrected chi connectivity index (χ3v) is 3.93. The molecule has 0 atom stereocenters. The number of sulfonamides is 1. The first-order valence-corrected chi connectivity index (χ1v) is 7.18. The summed E-state index contributed by atoms with van der Waals surface area (Å²) >= 11 is 0. The molecule has 0 aliphatic carbocycles. The molecule has 2 aromatic rings. The molecule has 1 heterocycles. The van der Waals surface area contributed by atoms with E-state index in [9.17, 15) is 18.5 Å². The molecule has 0 saturated carbocycles. The summed E-state index contributed by atoms with van der Waals surface area (Å²) in [6, 6.07) is 7.54. The predicted molar refractivity (Wildman–Crippen MR) is 74.7 cm³/mol. The molecule has 0 saturated heterocycles. The van der Waals surface area contributed by atoms with Crippen LogP contribution >= 0.6 is 0 Å². The Morgan fingerprint density at radius 2 is 1.90 bits per heavy atom. The molecule has 9 heteroatoms. The second-order valence-corrected chi connectivity index (χ2v) is 5.62. The number of nitrogens with one attached hydrogen (secondary N) is 1. The molecule has 21 heavy (non-hydrogen) atoms. The highest BCUT2D eigenvalue weighted by Gasteiger charge is 2.16. The molecule has 0 bridgehead atoms. The Morgan fingerprint density at radius 1 is 1.24 bits per heavy atom. The molecule has 0 aliphatic rings. The summed E-state index contributed by atoms with van der Waals surface area (Å²) in [6.07, 6.45) is 1.40. The van der Waals surface area contributed by atoms with Crippen molar-refractivity contribution in [3.8, 4) is 5.75 Å². The van der Waals surface area contributed by atoms with Crippen LogP contribution in [0.25, 0.3) is 0 Å². The van der Waals surface area contributed by atoms with Gasteiger partial charge in [-0.15, -0.1) is 0 Å². The van der Waals surface area contributed by atoms with Gasteiger partial charge < -0.3 is 4.74 Å². The minimum absolute atomic E-state index is 0.0905. The maximum atomic E-state index is 12.1. The van der Waals surface area contributed by atoms with E-state index in [0.29, 0.717) is 5.75 Å². The zero-order valence-electron chi connectivity index (χ0n) is 10.9. The lowest BCUT2D eigenvalue weighted by molar-refractivity contribution is -0.384. The van der Waals surface area contributed by atoms with Gasteiger partial charge in [-0.1, -0.05) is 0 Å². The third-order valence-electron chi connectivity index (χ3n) is 2.56. The molecule has 1 aromatic carbocycles. The molecule has 0 unspecified atom stereocenters. The monoisotopic (exact) mass is 309 g/mol. The highest BCUT2D eigenvalue weighted by molar-refractivity contribution is 7.92. The first-order chi connectivity index (χ1) is 9.92. The average Bonchev–Trinajstić information content (AvgIpc) is 2.47. The standard InChI is InChI=1S/C12H11N3O5S/c1-20-10-6-7-13-12(8-10)14-21(18,19)11-4-2-9(3-5-11)15(16)17/h2-8H,1H3,(H,13,14). The van der Waals surface area contributed by atoms with E-state index in [1.165, 1.54) is 19.4 Å². The summed E-state index contributed by atoms with van der Waals surface area (Å²) in [7, 11) is -2.42. The number of benzene rings is 1. The second kappa shape index (κ2) is 5.75. The van der Waals surface area contributed by atoms with Crippen LogP contribution in [0.2, 0.25) is 0 Å². The van der Waals surface area contributed by atoms with Gasteiger partial charge in [0.2, 0.25) is 0 Å². The summed E-state index contributed by atoms with van der Waals surface area (Å²) in [5.74, 6) is 0.541. The minimum Gasteiger partial charge on any atom is -0.497 e. The third kappa shape index (κ3) is 3.45. The Morgan fingerprint density at radius 3 is 2.48 bits per heavy atom. The van der Waals surface area contributed by atoms with E-state index in [1.54, 1.807) is 6.07 Å². The molecular formula is C12H11N3O5S. The van der Waals surface area contributed by atoms with Gasteiger partial charge in [-0.3, -0.25) is 14.8 Å². The van der Waals surface area contributed by atoms with Gasteiger partial charge in [-0.25, -0.2) is 13.4 Å². The smallest absolute Gasteiger partial charge is 0.269 e. The quantitative estimate of drug-likeness (QED) is 0.666. The Labute approximate surface area is 120 Å². The lowest BCUT2D eigenvalue weighted by Crippen LogP contribution is -2.13. The number of pyridine rings is 1. The number of aromatic nitrogens is 1. The van der Waals surface area contributed by atoms with E-state index in [2.05, 4.69) is 9.71 Å². The van der Waals surface area contributed by atoms with Crippen molar-refractivity contribution >= 4 is 21.5 Å². The normalized spacial score (nSPS) is 10.9. The van der Waals surface area contributed by atoms with Gasteiger partial charge in [0.05, 0.1) is 16.9 Å². The van der Waals surface area contributed by atoms with Crippen molar-refractivity contribution in [2.75, 3.05) is 11.8 Å². The van der Waals surface area contributed by atoms with Gasteiger partial charge in [0.1, 0.15) is 11.6 Å². The van der Waals surface area contributed by atoms with Gasteiger partial charge in [-0.2, -0.15) is 0 Å².